The maximum absolute atomic E-state index is 13.2. The number of methoxy groups -OCH3 is 1. The third kappa shape index (κ3) is 4.10. The Morgan fingerprint density at radius 2 is 1.89 bits per heavy atom. The number of ether oxygens (including phenoxy) is 1. The first-order valence-electron chi connectivity index (χ1n) is 11.7. The molecule has 2 saturated carbocycles. The largest absolute Gasteiger partial charge is 0.497 e. The molecule has 1 aromatic heterocycles. The second-order valence-electron chi connectivity index (χ2n) is 9.54. The minimum Gasteiger partial charge on any atom is -0.497 e. The molecule has 1 amide bonds. The Bertz CT molecular complexity index is 1350. The maximum Gasteiger partial charge on any atom is 0.308 e. The number of amides is 1. The lowest BCUT2D eigenvalue weighted by Crippen LogP contribution is -2.34. The molecule has 3 aliphatic rings. The molecule has 3 aromatic rings. The second kappa shape index (κ2) is 9.18. The van der Waals surface area contributed by atoms with Gasteiger partial charge in [-0.25, -0.2) is 0 Å². The first-order valence-corrected chi connectivity index (χ1v) is 14.2. The van der Waals surface area contributed by atoms with Crippen molar-refractivity contribution in [1.29, 1.82) is 0 Å². The van der Waals surface area contributed by atoms with E-state index >= 15 is 0 Å². The molecule has 35 heavy (non-hydrogen) atoms. The number of thiazole rings is 1. The number of fused-ring (bicyclic) bond motifs is 6. The molecule has 2 aromatic carbocycles. The lowest BCUT2D eigenvalue weighted by Gasteiger charge is -2.40. The first-order chi connectivity index (χ1) is 16.9. The average Bonchev–Trinajstić information content (AvgIpc) is 3.55. The molecule has 0 saturated heterocycles. The van der Waals surface area contributed by atoms with Crippen LogP contribution in [0.15, 0.2) is 52.3 Å². The zero-order valence-electron chi connectivity index (χ0n) is 19.0. The van der Waals surface area contributed by atoms with Gasteiger partial charge in [0.1, 0.15) is 12.3 Å². The van der Waals surface area contributed by atoms with Gasteiger partial charge in [-0.05, 0) is 72.9 Å². The fraction of sp³-hybridized carbons (Fsp3) is 0.385. The number of rotatable bonds is 5. The van der Waals surface area contributed by atoms with Crippen LogP contribution in [0.5, 0.6) is 5.75 Å². The van der Waals surface area contributed by atoms with Crippen LogP contribution >= 0.6 is 46.3 Å². The van der Waals surface area contributed by atoms with Crippen LogP contribution in [0, 0.1) is 17.8 Å². The molecule has 5 atom stereocenters. The van der Waals surface area contributed by atoms with Crippen molar-refractivity contribution in [3.8, 4) is 5.75 Å². The van der Waals surface area contributed by atoms with E-state index in [0.717, 1.165) is 15.7 Å². The maximum atomic E-state index is 13.2. The van der Waals surface area contributed by atoms with Crippen LogP contribution in [-0.4, -0.2) is 22.8 Å². The summed E-state index contributed by atoms with van der Waals surface area (Å²) in [6.07, 6.45) is 3.80. The molecule has 1 aliphatic heterocycles. The normalized spacial score (nSPS) is 26.3. The number of aromatic nitrogens is 1. The molecule has 0 spiro atoms. The van der Waals surface area contributed by atoms with E-state index in [4.69, 9.17) is 27.9 Å². The molecule has 6 rings (SSSR count). The van der Waals surface area contributed by atoms with Gasteiger partial charge in [-0.1, -0.05) is 46.7 Å². The van der Waals surface area contributed by atoms with Crippen LogP contribution in [0.25, 0.3) is 0 Å². The zero-order valence-corrected chi connectivity index (χ0v) is 22.1. The Morgan fingerprint density at radius 3 is 2.63 bits per heavy atom. The van der Waals surface area contributed by atoms with Gasteiger partial charge in [-0.3, -0.25) is 14.2 Å². The van der Waals surface area contributed by atoms with E-state index in [1.807, 2.05) is 23.9 Å². The van der Waals surface area contributed by atoms with Gasteiger partial charge in [0.25, 0.3) is 0 Å². The molecule has 0 radical (unpaired) electrons. The summed E-state index contributed by atoms with van der Waals surface area (Å²) in [5.74, 6) is 2.64. The van der Waals surface area contributed by atoms with E-state index in [2.05, 4.69) is 17.4 Å². The van der Waals surface area contributed by atoms with Crippen LogP contribution in [0.1, 0.15) is 35.6 Å². The topological polar surface area (TPSA) is 60.3 Å². The number of nitrogens with one attached hydrogen (secondary N) is 1. The molecule has 2 fully saturated rings. The van der Waals surface area contributed by atoms with Gasteiger partial charge >= 0.3 is 4.87 Å². The van der Waals surface area contributed by atoms with Crippen LogP contribution in [0.3, 0.4) is 0 Å². The fourth-order valence-corrected chi connectivity index (χ4v) is 9.64. The number of carbonyl (C=O) groups is 1. The molecular formula is C26H24Cl2N2O3S2. The molecule has 5 nitrogen and oxygen atoms in total. The number of nitrogens with zero attached hydrogens (tertiary/aromatic N) is 1. The van der Waals surface area contributed by atoms with Crippen LogP contribution in [-0.2, 0) is 11.3 Å². The van der Waals surface area contributed by atoms with Gasteiger partial charge in [-0.2, -0.15) is 0 Å². The summed E-state index contributed by atoms with van der Waals surface area (Å²) in [5.41, 5.74) is 1.78. The molecule has 1 N–H and O–H groups in total. The summed E-state index contributed by atoms with van der Waals surface area (Å²) < 4.78 is 7.04. The fourth-order valence-electron chi connectivity index (χ4n) is 6.19. The quantitative estimate of drug-likeness (QED) is 0.395. The van der Waals surface area contributed by atoms with Crippen LogP contribution < -0.4 is 14.9 Å². The molecule has 2 bridgehead atoms. The van der Waals surface area contributed by atoms with Gasteiger partial charge in [-0.15, -0.1) is 11.8 Å². The Kier molecular flexibility index (Phi) is 6.16. The molecule has 182 valence electrons. The van der Waals surface area contributed by atoms with Crippen molar-refractivity contribution in [3.05, 3.63) is 72.6 Å². The average molecular weight is 548 g/mol. The Balaban J connectivity index is 1.35. The summed E-state index contributed by atoms with van der Waals surface area (Å²) in [5, 5.41) is 5.08. The lowest BCUT2D eigenvalue weighted by atomic mass is 9.75. The smallest absolute Gasteiger partial charge is 0.308 e. The predicted octanol–water partition coefficient (Wildman–Crippen LogP) is 6.52. The number of hydrogen-bond donors (Lipinski definition) is 1. The van der Waals surface area contributed by atoms with E-state index in [9.17, 15) is 9.59 Å². The summed E-state index contributed by atoms with van der Waals surface area (Å²) in [7, 11) is 1.67. The van der Waals surface area contributed by atoms with Crippen molar-refractivity contribution in [2.75, 3.05) is 12.4 Å². The van der Waals surface area contributed by atoms with Crippen molar-refractivity contribution in [1.82, 2.24) is 4.57 Å². The highest BCUT2D eigenvalue weighted by Gasteiger charge is 2.55. The van der Waals surface area contributed by atoms with Crippen LogP contribution in [0.2, 0.25) is 10.0 Å². The summed E-state index contributed by atoms with van der Waals surface area (Å²) in [6, 6.07) is 13.2. The summed E-state index contributed by atoms with van der Waals surface area (Å²) in [4.78, 5) is 27.1. The molecule has 0 unspecified atom stereocenters. The van der Waals surface area contributed by atoms with Crippen molar-refractivity contribution in [2.45, 2.75) is 42.0 Å². The minimum absolute atomic E-state index is 0.0290. The SMILES string of the molecule is COc1ccc([C@@H]2c3sc(=O)n(CC(=O)Nc4ccc(Cl)c(Cl)c4)c3S[C@@H]3[C@H]4CC[C@@H](C4)[C@@H]23)cc1. The number of hydrogen-bond acceptors (Lipinski definition) is 5. The first kappa shape index (κ1) is 23.5. The van der Waals surface area contributed by atoms with Gasteiger partial charge in [0.15, 0.2) is 0 Å². The highest BCUT2D eigenvalue weighted by Crippen LogP contribution is 2.64. The van der Waals surface area contributed by atoms with Crippen LogP contribution in [0.4, 0.5) is 5.69 Å². The van der Waals surface area contributed by atoms with E-state index in [1.54, 1.807) is 29.9 Å². The third-order valence-electron chi connectivity index (χ3n) is 7.67. The summed E-state index contributed by atoms with van der Waals surface area (Å²) in [6.45, 7) is -0.0290. The predicted molar refractivity (Wildman–Crippen MR) is 142 cm³/mol. The molecule has 2 heterocycles. The number of halogens is 2. The summed E-state index contributed by atoms with van der Waals surface area (Å²) >= 11 is 15.2. The number of benzene rings is 2. The van der Waals surface area contributed by atoms with Crippen molar-refractivity contribution in [3.63, 3.8) is 0 Å². The Hall–Kier alpha value is -1.93. The van der Waals surface area contributed by atoms with Crippen molar-refractivity contribution < 1.29 is 9.53 Å². The van der Waals surface area contributed by atoms with Gasteiger partial charge < -0.3 is 10.1 Å². The molecule has 2 aliphatic carbocycles. The third-order valence-corrected chi connectivity index (χ3v) is 11.2. The van der Waals surface area contributed by atoms with E-state index in [-0.39, 0.29) is 23.2 Å². The standard InChI is InChI=1S/C26H24Cl2N2O3S2/c1-33-17-7-4-13(5-8-17)21-22-14-2-3-15(10-14)23(22)34-25-24(21)35-26(32)30(25)12-20(31)29-16-6-9-18(27)19(28)11-16/h4-9,11,14-15,21-23H,2-3,10,12H2,1H3,(H,29,31)/t14-,15-,21-,22-,23+/m0/s1. The minimum atomic E-state index is -0.261. The lowest BCUT2D eigenvalue weighted by molar-refractivity contribution is -0.116. The Labute approximate surface area is 221 Å². The number of anilines is 1. The monoisotopic (exact) mass is 546 g/mol. The highest BCUT2D eigenvalue weighted by atomic mass is 35.5. The zero-order chi connectivity index (χ0) is 24.3. The highest BCUT2D eigenvalue weighted by molar-refractivity contribution is 8.00. The number of carbonyl (C=O) groups excluding carboxylic acids is 1. The number of thioether (sulfide) groups is 1. The van der Waals surface area contributed by atoms with Gasteiger partial charge in [0.05, 0.1) is 22.2 Å². The van der Waals surface area contributed by atoms with Crippen molar-refractivity contribution >= 4 is 57.9 Å². The van der Waals surface area contributed by atoms with E-state index < -0.39 is 0 Å². The Morgan fingerprint density at radius 1 is 1.11 bits per heavy atom. The molecular weight excluding hydrogens is 523 g/mol. The van der Waals surface area contributed by atoms with Gasteiger partial charge in [0.2, 0.25) is 5.91 Å². The second-order valence-corrected chi connectivity index (χ2v) is 12.5. The van der Waals surface area contributed by atoms with E-state index in [0.29, 0.717) is 38.7 Å². The van der Waals surface area contributed by atoms with E-state index in [1.165, 1.54) is 36.2 Å². The molecule has 9 heteroatoms. The van der Waals surface area contributed by atoms with Crippen molar-refractivity contribution in [2.24, 2.45) is 17.8 Å². The van der Waals surface area contributed by atoms with Gasteiger partial charge in [0, 0.05) is 21.7 Å².